The van der Waals surface area contributed by atoms with Gasteiger partial charge in [-0.1, -0.05) is 41.5 Å². The first-order valence-corrected chi connectivity index (χ1v) is 7.18. The van der Waals surface area contributed by atoms with Gasteiger partial charge in [0.2, 0.25) is 5.91 Å². The van der Waals surface area contributed by atoms with Gasteiger partial charge in [0.15, 0.2) is 0 Å². The van der Waals surface area contributed by atoms with Gasteiger partial charge in [0.1, 0.15) is 0 Å². The van der Waals surface area contributed by atoms with Crippen LogP contribution in [-0.4, -0.2) is 29.1 Å². The Morgan fingerprint density at radius 1 is 1.39 bits per heavy atom. The lowest BCUT2D eigenvalue weighted by Crippen LogP contribution is -2.44. The summed E-state index contributed by atoms with van der Waals surface area (Å²) in [5.74, 6) is 0.863. The first-order valence-electron chi connectivity index (χ1n) is 7.18. The summed E-state index contributed by atoms with van der Waals surface area (Å²) in [5.41, 5.74) is -0.226. The molecule has 1 aliphatic heterocycles. The fourth-order valence-electron chi connectivity index (χ4n) is 2.54. The topological polar surface area (TPSA) is 32.3 Å². The number of hydrogen-bond donors (Lipinski definition) is 1. The van der Waals surface area contributed by atoms with Gasteiger partial charge in [0, 0.05) is 6.54 Å². The molecule has 1 N–H and O–H groups in total. The first-order chi connectivity index (χ1) is 8.09. The number of rotatable bonds is 4. The summed E-state index contributed by atoms with van der Waals surface area (Å²) in [5, 5.41) is 3.55. The summed E-state index contributed by atoms with van der Waals surface area (Å²) < 4.78 is 0. The smallest absolute Gasteiger partial charge is 0.243 e. The molecule has 0 aromatic heterocycles. The number of hydrogen-bond acceptors (Lipinski definition) is 2. The van der Waals surface area contributed by atoms with Gasteiger partial charge in [-0.2, -0.15) is 0 Å². The molecule has 2 unspecified atom stereocenters. The minimum absolute atomic E-state index is 0.144. The van der Waals surface area contributed by atoms with Crippen LogP contribution in [0.15, 0.2) is 0 Å². The fraction of sp³-hybridized carbons (Fsp3) is 0.933. The van der Waals surface area contributed by atoms with E-state index in [0.717, 1.165) is 19.4 Å². The van der Waals surface area contributed by atoms with Crippen molar-refractivity contribution in [3.05, 3.63) is 0 Å². The molecule has 0 radical (unpaired) electrons. The quantitative estimate of drug-likeness (QED) is 0.836. The Morgan fingerprint density at radius 3 is 2.33 bits per heavy atom. The third-order valence-corrected chi connectivity index (χ3v) is 3.64. The average Bonchev–Trinajstić information content (AvgIpc) is 2.41. The van der Waals surface area contributed by atoms with Crippen LogP contribution in [0.2, 0.25) is 0 Å². The van der Waals surface area contributed by atoms with Gasteiger partial charge >= 0.3 is 0 Å². The van der Waals surface area contributed by atoms with Crippen molar-refractivity contribution >= 4 is 5.91 Å². The van der Waals surface area contributed by atoms with Crippen molar-refractivity contribution < 1.29 is 4.79 Å². The Hall–Kier alpha value is -0.570. The van der Waals surface area contributed by atoms with E-state index in [2.05, 4.69) is 51.8 Å². The lowest BCUT2D eigenvalue weighted by atomic mass is 9.94. The summed E-state index contributed by atoms with van der Waals surface area (Å²) >= 11 is 0. The third kappa shape index (κ3) is 3.47. The van der Waals surface area contributed by atoms with E-state index in [1.165, 1.54) is 0 Å². The van der Waals surface area contributed by atoms with Crippen molar-refractivity contribution in [1.29, 1.82) is 0 Å². The van der Waals surface area contributed by atoms with Gasteiger partial charge in [0.05, 0.1) is 11.7 Å². The zero-order chi connectivity index (χ0) is 14.1. The summed E-state index contributed by atoms with van der Waals surface area (Å²) in [6.07, 6.45) is 2.07. The predicted molar refractivity (Wildman–Crippen MR) is 76.2 cm³/mol. The van der Waals surface area contributed by atoms with Gasteiger partial charge < -0.3 is 4.90 Å². The highest BCUT2D eigenvalue weighted by Gasteiger charge is 2.47. The molecule has 1 rings (SSSR count). The van der Waals surface area contributed by atoms with Gasteiger partial charge in [-0.25, -0.2) is 0 Å². The van der Waals surface area contributed by atoms with E-state index in [9.17, 15) is 4.79 Å². The Balaban J connectivity index is 2.90. The Labute approximate surface area is 112 Å². The van der Waals surface area contributed by atoms with Crippen LogP contribution >= 0.6 is 0 Å². The number of carbonyl (C=O) groups is 1. The van der Waals surface area contributed by atoms with Crippen LogP contribution in [0.25, 0.3) is 0 Å². The van der Waals surface area contributed by atoms with Crippen LogP contribution in [0.5, 0.6) is 0 Å². The second kappa shape index (κ2) is 5.20. The monoisotopic (exact) mass is 254 g/mol. The molecule has 0 aliphatic carbocycles. The molecule has 0 bridgehead atoms. The van der Waals surface area contributed by atoms with Crippen LogP contribution in [0.3, 0.4) is 0 Å². The van der Waals surface area contributed by atoms with E-state index in [-0.39, 0.29) is 23.0 Å². The Kier molecular flexibility index (Phi) is 4.47. The van der Waals surface area contributed by atoms with Crippen molar-refractivity contribution in [1.82, 2.24) is 10.2 Å². The molecule has 0 saturated carbocycles. The molecular formula is C15H30N2O. The van der Waals surface area contributed by atoms with E-state index >= 15 is 0 Å². The van der Waals surface area contributed by atoms with Crippen molar-refractivity contribution in [3.63, 3.8) is 0 Å². The molecule has 3 nitrogen and oxygen atoms in total. The summed E-state index contributed by atoms with van der Waals surface area (Å²) in [7, 11) is 0. The van der Waals surface area contributed by atoms with Crippen molar-refractivity contribution in [3.8, 4) is 0 Å². The second-order valence-corrected chi connectivity index (χ2v) is 7.47. The number of nitrogens with one attached hydrogen (secondary N) is 1. The molecule has 2 atom stereocenters. The summed E-state index contributed by atoms with van der Waals surface area (Å²) in [4.78, 5) is 14.7. The lowest BCUT2D eigenvalue weighted by molar-refractivity contribution is -0.134. The first kappa shape index (κ1) is 15.5. The SMILES string of the molecule is CCC1(C)NC(CC(C)C)N(CC(C)(C)C)C1=O. The molecule has 1 aliphatic rings. The number of carbonyl (C=O) groups excluding carboxylic acids is 1. The third-order valence-electron chi connectivity index (χ3n) is 3.64. The molecular weight excluding hydrogens is 224 g/mol. The average molecular weight is 254 g/mol. The number of nitrogens with zero attached hydrogens (tertiary/aromatic N) is 1. The molecule has 1 saturated heterocycles. The van der Waals surface area contributed by atoms with E-state index in [0.29, 0.717) is 5.92 Å². The zero-order valence-corrected chi connectivity index (χ0v) is 13.1. The van der Waals surface area contributed by atoms with Gasteiger partial charge in [-0.3, -0.25) is 10.1 Å². The molecule has 1 amide bonds. The largest absolute Gasteiger partial charge is 0.325 e. The van der Waals surface area contributed by atoms with Crippen LogP contribution in [0, 0.1) is 11.3 Å². The number of amides is 1. The zero-order valence-electron chi connectivity index (χ0n) is 13.1. The van der Waals surface area contributed by atoms with Crippen LogP contribution in [0.4, 0.5) is 0 Å². The van der Waals surface area contributed by atoms with E-state index in [1.807, 2.05) is 6.92 Å². The van der Waals surface area contributed by atoms with Crippen LogP contribution in [-0.2, 0) is 4.79 Å². The van der Waals surface area contributed by atoms with Gasteiger partial charge in [-0.05, 0) is 31.1 Å². The molecule has 106 valence electrons. The fourth-order valence-corrected chi connectivity index (χ4v) is 2.54. The molecule has 1 fully saturated rings. The van der Waals surface area contributed by atoms with Gasteiger partial charge in [0.25, 0.3) is 0 Å². The van der Waals surface area contributed by atoms with Crippen molar-refractivity contribution in [2.24, 2.45) is 11.3 Å². The Morgan fingerprint density at radius 2 is 1.94 bits per heavy atom. The summed E-state index contributed by atoms with van der Waals surface area (Å²) in [6, 6.07) is 0. The molecule has 18 heavy (non-hydrogen) atoms. The molecule has 1 heterocycles. The molecule has 3 heteroatoms. The molecule has 0 spiro atoms. The van der Waals surface area contributed by atoms with Crippen molar-refractivity contribution in [2.45, 2.75) is 73.0 Å². The maximum Gasteiger partial charge on any atom is 0.243 e. The van der Waals surface area contributed by atoms with Crippen molar-refractivity contribution in [2.75, 3.05) is 6.54 Å². The highest BCUT2D eigenvalue weighted by atomic mass is 16.2. The highest BCUT2D eigenvalue weighted by Crippen LogP contribution is 2.29. The maximum absolute atomic E-state index is 12.6. The minimum Gasteiger partial charge on any atom is -0.325 e. The van der Waals surface area contributed by atoms with Gasteiger partial charge in [-0.15, -0.1) is 0 Å². The Bertz CT molecular complexity index is 306. The maximum atomic E-state index is 12.6. The second-order valence-electron chi connectivity index (χ2n) is 7.47. The normalized spacial score (nSPS) is 29.4. The van der Waals surface area contributed by atoms with Crippen LogP contribution in [0.1, 0.15) is 61.3 Å². The van der Waals surface area contributed by atoms with Crippen LogP contribution < -0.4 is 5.32 Å². The highest BCUT2D eigenvalue weighted by molar-refractivity contribution is 5.88. The predicted octanol–water partition coefficient (Wildman–Crippen LogP) is 3.01. The minimum atomic E-state index is -0.370. The molecule has 0 aromatic rings. The standard InChI is InChI=1S/C15H30N2O/c1-8-15(7)13(18)17(10-14(4,5)6)12(16-15)9-11(2)3/h11-12,16H,8-10H2,1-7H3. The van der Waals surface area contributed by atoms with E-state index in [1.54, 1.807) is 0 Å². The molecule has 0 aromatic carbocycles. The van der Waals surface area contributed by atoms with E-state index in [4.69, 9.17) is 0 Å². The lowest BCUT2D eigenvalue weighted by Gasteiger charge is -2.31. The summed E-state index contributed by atoms with van der Waals surface area (Å²) in [6.45, 7) is 15.9. The van der Waals surface area contributed by atoms with E-state index < -0.39 is 0 Å².